The third-order valence-corrected chi connectivity index (χ3v) is 20.9. The molecule has 0 aliphatic heterocycles. The monoisotopic (exact) mass is 1470 g/mol. The quantitative estimate of drug-likeness (QED) is 0.0222. The van der Waals surface area contributed by atoms with Gasteiger partial charge in [0.25, 0.3) is 0 Å². The third-order valence-electron chi connectivity index (χ3n) is 19.0. The molecular formula is C81H158O17P2. The second-order valence-corrected chi connectivity index (χ2v) is 33.0. The number of phosphoric acid groups is 2. The number of ether oxygens (including phenoxy) is 4. The minimum absolute atomic E-state index is 0.105. The lowest BCUT2D eigenvalue weighted by molar-refractivity contribution is -0.161. The fourth-order valence-corrected chi connectivity index (χ4v) is 14.1. The van der Waals surface area contributed by atoms with Crippen molar-refractivity contribution in [3.63, 3.8) is 0 Å². The summed E-state index contributed by atoms with van der Waals surface area (Å²) in [6, 6.07) is 0. The van der Waals surface area contributed by atoms with Crippen molar-refractivity contribution in [1.29, 1.82) is 0 Å². The van der Waals surface area contributed by atoms with Crippen molar-refractivity contribution < 1.29 is 80.2 Å². The summed E-state index contributed by atoms with van der Waals surface area (Å²) in [4.78, 5) is 73.0. The minimum Gasteiger partial charge on any atom is -0.462 e. The molecule has 0 aromatic carbocycles. The molecule has 0 saturated heterocycles. The number of hydrogen-bond acceptors (Lipinski definition) is 15. The smallest absolute Gasteiger partial charge is 0.462 e. The number of carbonyl (C=O) groups is 4. The van der Waals surface area contributed by atoms with E-state index in [1.165, 1.54) is 244 Å². The van der Waals surface area contributed by atoms with Crippen LogP contribution in [0.25, 0.3) is 0 Å². The first-order chi connectivity index (χ1) is 48.4. The van der Waals surface area contributed by atoms with Crippen LogP contribution in [0.4, 0.5) is 0 Å². The Morgan fingerprint density at radius 3 is 0.680 bits per heavy atom. The average Bonchev–Trinajstić information content (AvgIpc) is 0.929. The first-order valence-electron chi connectivity index (χ1n) is 42.0. The van der Waals surface area contributed by atoms with E-state index in [0.29, 0.717) is 25.7 Å². The van der Waals surface area contributed by atoms with Gasteiger partial charge in [-0.25, -0.2) is 9.13 Å². The number of esters is 4. The first kappa shape index (κ1) is 98.1. The Labute approximate surface area is 613 Å². The molecule has 5 atom stereocenters. The van der Waals surface area contributed by atoms with E-state index in [0.717, 1.165) is 102 Å². The molecule has 17 nitrogen and oxygen atoms in total. The van der Waals surface area contributed by atoms with Gasteiger partial charge in [-0.15, -0.1) is 0 Å². The highest BCUT2D eigenvalue weighted by Crippen LogP contribution is 2.45. The van der Waals surface area contributed by atoms with Gasteiger partial charge < -0.3 is 33.8 Å². The predicted molar refractivity (Wildman–Crippen MR) is 409 cm³/mol. The summed E-state index contributed by atoms with van der Waals surface area (Å²) in [6.45, 7) is 9.61. The molecule has 594 valence electrons. The number of hydrogen-bond donors (Lipinski definition) is 3. The number of phosphoric ester groups is 2. The number of carbonyl (C=O) groups excluding carboxylic acids is 4. The fraction of sp³-hybridized carbons (Fsp3) is 0.951. The Balaban J connectivity index is 5.21. The minimum atomic E-state index is -4.96. The van der Waals surface area contributed by atoms with Gasteiger partial charge >= 0.3 is 39.5 Å². The molecule has 100 heavy (non-hydrogen) atoms. The molecule has 0 rings (SSSR count). The van der Waals surface area contributed by atoms with Crippen LogP contribution in [0.2, 0.25) is 0 Å². The zero-order chi connectivity index (χ0) is 73.5. The van der Waals surface area contributed by atoms with Crippen molar-refractivity contribution in [1.82, 2.24) is 0 Å². The summed E-state index contributed by atoms with van der Waals surface area (Å²) in [5.41, 5.74) is 0. The maximum atomic E-state index is 13.1. The second kappa shape index (κ2) is 72.6. The molecule has 0 aromatic heterocycles. The molecule has 0 amide bonds. The van der Waals surface area contributed by atoms with Crippen LogP contribution in [0.3, 0.4) is 0 Å². The van der Waals surface area contributed by atoms with E-state index in [9.17, 15) is 43.2 Å². The molecule has 0 fully saturated rings. The molecule has 0 aliphatic carbocycles. The molecule has 19 heteroatoms. The summed E-state index contributed by atoms with van der Waals surface area (Å²) < 4.78 is 68.7. The SMILES string of the molecule is CCCCCCCCCCCCCCCCCCCCCCCC(=O)O[C@H](COC(=O)CCCCCCCCCCCCCCCCC(C)C)COP(=O)(O)OC[C@@H](O)COP(=O)(O)OC[C@@H](COC(=O)CCCCCCCCCCCCC)OC(=O)CCCCCCCCCCC(C)C. The predicted octanol–water partition coefficient (Wildman–Crippen LogP) is 24.3. The number of aliphatic hydroxyl groups excluding tert-OH is 1. The Morgan fingerprint density at radius 2 is 0.460 bits per heavy atom. The summed E-state index contributed by atoms with van der Waals surface area (Å²) in [5.74, 6) is -0.593. The van der Waals surface area contributed by atoms with E-state index in [1.54, 1.807) is 0 Å². The van der Waals surface area contributed by atoms with Gasteiger partial charge in [0.1, 0.15) is 19.3 Å². The molecule has 0 saturated carbocycles. The second-order valence-electron chi connectivity index (χ2n) is 30.1. The molecule has 2 unspecified atom stereocenters. The maximum absolute atomic E-state index is 13.1. The van der Waals surface area contributed by atoms with Gasteiger partial charge in [0.15, 0.2) is 12.2 Å². The molecule has 0 bridgehead atoms. The summed E-state index contributed by atoms with van der Waals surface area (Å²) in [7, 11) is -9.92. The highest BCUT2D eigenvalue weighted by molar-refractivity contribution is 7.47. The molecule has 0 spiro atoms. The Morgan fingerprint density at radius 1 is 0.270 bits per heavy atom. The van der Waals surface area contributed by atoms with E-state index in [2.05, 4.69) is 41.5 Å². The van der Waals surface area contributed by atoms with Crippen LogP contribution in [0.1, 0.15) is 427 Å². The van der Waals surface area contributed by atoms with Crippen molar-refractivity contribution in [3.05, 3.63) is 0 Å². The van der Waals surface area contributed by atoms with Gasteiger partial charge in [-0.3, -0.25) is 37.3 Å². The van der Waals surface area contributed by atoms with Crippen molar-refractivity contribution >= 4 is 39.5 Å². The van der Waals surface area contributed by atoms with Gasteiger partial charge in [-0.2, -0.15) is 0 Å². The first-order valence-corrected chi connectivity index (χ1v) is 45.0. The lowest BCUT2D eigenvalue weighted by atomic mass is 10.0. The van der Waals surface area contributed by atoms with Crippen LogP contribution >= 0.6 is 15.6 Å². The maximum Gasteiger partial charge on any atom is 0.472 e. The van der Waals surface area contributed by atoms with Gasteiger partial charge in [0.2, 0.25) is 0 Å². The van der Waals surface area contributed by atoms with E-state index in [4.69, 9.17) is 37.0 Å². The molecule has 0 radical (unpaired) electrons. The Hall–Kier alpha value is -1.94. The van der Waals surface area contributed by atoms with Crippen LogP contribution in [0.5, 0.6) is 0 Å². The van der Waals surface area contributed by atoms with Gasteiger partial charge in [0, 0.05) is 25.7 Å². The number of rotatable bonds is 80. The lowest BCUT2D eigenvalue weighted by Crippen LogP contribution is -2.30. The van der Waals surface area contributed by atoms with Crippen molar-refractivity contribution in [3.8, 4) is 0 Å². The van der Waals surface area contributed by atoms with Gasteiger partial charge in [0.05, 0.1) is 26.4 Å². The van der Waals surface area contributed by atoms with E-state index >= 15 is 0 Å². The van der Waals surface area contributed by atoms with E-state index in [-0.39, 0.29) is 25.7 Å². The Kier molecular flexibility index (Phi) is 71.2. The lowest BCUT2D eigenvalue weighted by Gasteiger charge is -2.21. The van der Waals surface area contributed by atoms with Crippen molar-refractivity contribution in [2.45, 2.75) is 445 Å². The fourth-order valence-electron chi connectivity index (χ4n) is 12.5. The third kappa shape index (κ3) is 74.3. The number of unbranched alkanes of at least 4 members (excludes halogenated alkanes) is 50. The highest BCUT2D eigenvalue weighted by atomic mass is 31.2. The van der Waals surface area contributed by atoms with Crippen LogP contribution in [0, 0.1) is 11.8 Å². The summed E-state index contributed by atoms with van der Waals surface area (Å²) in [6.07, 6.45) is 62.6. The van der Waals surface area contributed by atoms with Crippen molar-refractivity contribution in [2.24, 2.45) is 11.8 Å². The normalized spacial score (nSPS) is 13.9. The van der Waals surface area contributed by atoms with Gasteiger partial charge in [-0.05, 0) is 37.5 Å². The molecule has 0 heterocycles. The average molecular weight is 1470 g/mol. The van der Waals surface area contributed by atoms with Crippen molar-refractivity contribution in [2.75, 3.05) is 39.6 Å². The molecule has 3 N–H and O–H groups in total. The van der Waals surface area contributed by atoms with Crippen LogP contribution < -0.4 is 0 Å². The number of aliphatic hydroxyl groups is 1. The standard InChI is InChI=1S/C81H158O17P2/c1-7-9-11-13-15-17-19-20-21-22-23-24-25-26-27-32-36-40-47-53-59-65-80(85)97-76(69-92-79(84)64-58-52-46-39-35-31-29-28-30-34-37-43-49-55-61-73(3)4)71-95-99(87,88)93-67-75(82)68-94-100(89,90)96-72-77(98-81(86)66-60-54-48-42-41-44-50-56-62-74(5)6)70-91-78(83)63-57-51-45-38-33-18-16-14-12-10-8-2/h73-77,82H,7-72H2,1-6H3,(H,87,88)(H,89,90)/t75-,76-,77-/m1/s1. The topological polar surface area (TPSA) is 237 Å². The summed E-state index contributed by atoms with van der Waals surface area (Å²) in [5, 5.41) is 10.6. The van der Waals surface area contributed by atoms with Gasteiger partial charge in [-0.1, -0.05) is 375 Å². The largest absolute Gasteiger partial charge is 0.472 e. The molecular weight excluding hydrogens is 1310 g/mol. The van der Waals surface area contributed by atoms with Crippen LogP contribution in [-0.4, -0.2) is 96.7 Å². The van der Waals surface area contributed by atoms with E-state index in [1.807, 2.05) is 0 Å². The zero-order valence-corrected chi connectivity index (χ0v) is 67.3. The molecule has 0 aliphatic rings. The Bertz CT molecular complexity index is 1920. The summed E-state index contributed by atoms with van der Waals surface area (Å²) >= 11 is 0. The van der Waals surface area contributed by atoms with Crippen LogP contribution in [0.15, 0.2) is 0 Å². The molecule has 0 aromatic rings. The van der Waals surface area contributed by atoms with E-state index < -0.39 is 97.5 Å². The van der Waals surface area contributed by atoms with Crippen LogP contribution in [-0.2, 0) is 65.4 Å². The highest BCUT2D eigenvalue weighted by Gasteiger charge is 2.30. The zero-order valence-electron chi connectivity index (χ0n) is 65.5.